The first kappa shape index (κ1) is 27.8. The Morgan fingerprint density at radius 3 is 2.41 bits per heavy atom. The topological polar surface area (TPSA) is 78.7 Å². The summed E-state index contributed by atoms with van der Waals surface area (Å²) in [6, 6.07) is 6.07. The molecule has 3 amide bonds. The third kappa shape index (κ3) is 6.43. The van der Waals surface area contributed by atoms with Gasteiger partial charge in [-0.25, -0.2) is 4.79 Å². The van der Waals surface area contributed by atoms with Gasteiger partial charge < -0.3 is 20.9 Å². The summed E-state index contributed by atoms with van der Waals surface area (Å²) in [7, 11) is 0. The summed E-state index contributed by atoms with van der Waals surface area (Å²) in [5.74, 6) is 1.35. The molecule has 0 aromatic heterocycles. The monoisotopic (exact) mass is 588 g/mol. The lowest BCUT2D eigenvalue weighted by Crippen LogP contribution is -2.45. The van der Waals surface area contributed by atoms with Gasteiger partial charge in [-0.1, -0.05) is 43.7 Å². The molecule has 6 nitrogen and oxygen atoms in total. The highest BCUT2D eigenvalue weighted by molar-refractivity contribution is 9.11. The lowest BCUT2D eigenvalue weighted by atomic mass is 9.73. The van der Waals surface area contributed by atoms with E-state index in [4.69, 9.17) is 17.3 Å². The second kappa shape index (κ2) is 12.5. The molecule has 0 bridgehead atoms. The van der Waals surface area contributed by atoms with E-state index >= 15 is 0 Å². The molecular weight excluding hydrogens is 552 g/mol. The highest BCUT2D eigenvalue weighted by Gasteiger charge is 2.38. The Morgan fingerprint density at radius 1 is 1.05 bits per heavy atom. The Kier molecular flexibility index (Phi) is 9.41. The van der Waals surface area contributed by atoms with Gasteiger partial charge in [0.2, 0.25) is 5.91 Å². The number of urea groups is 1. The number of halogens is 2. The number of carbonyl (C=O) groups is 2. The molecule has 4 aliphatic rings. The van der Waals surface area contributed by atoms with Gasteiger partial charge >= 0.3 is 6.03 Å². The predicted molar refractivity (Wildman–Crippen MR) is 154 cm³/mol. The second-order valence-corrected chi connectivity index (χ2v) is 11.5. The molecule has 0 radical (unpaired) electrons. The number of nitrogens with one attached hydrogen (secondary N) is 1. The average molecular weight is 590 g/mol. The number of likely N-dealkylation sites (tertiary alicyclic amines) is 2. The predicted octanol–water partition coefficient (Wildman–Crippen LogP) is 6.03. The fraction of sp³-hybridized carbons (Fsp3) is 0.517. The molecule has 1 aromatic rings. The van der Waals surface area contributed by atoms with Crippen LogP contribution in [0.15, 0.2) is 46.6 Å². The minimum atomic E-state index is -0.359. The Hall–Kier alpha value is -2.25. The summed E-state index contributed by atoms with van der Waals surface area (Å²) in [5, 5.41) is 4.38. The summed E-state index contributed by atoms with van der Waals surface area (Å²) in [6.45, 7) is 6.90. The fourth-order valence-electron chi connectivity index (χ4n) is 6.15. The second-order valence-electron chi connectivity index (χ2n) is 10.1. The summed E-state index contributed by atoms with van der Waals surface area (Å²) in [5.41, 5.74) is 9.15. The Balaban J connectivity index is 0.00000156. The number of hydrogen-bond acceptors (Lipinski definition) is 3. The number of nitrogens with zero attached hydrogens (tertiary/aromatic N) is 2. The van der Waals surface area contributed by atoms with E-state index in [-0.39, 0.29) is 18.0 Å². The Labute approximate surface area is 234 Å². The van der Waals surface area contributed by atoms with Gasteiger partial charge in [0.1, 0.15) is 0 Å². The van der Waals surface area contributed by atoms with E-state index < -0.39 is 0 Å². The molecule has 2 fully saturated rings. The summed E-state index contributed by atoms with van der Waals surface area (Å²) < 4.78 is 1.04. The SMILES string of the molecule is CC.NC(=O)N1CCC(CC(=O)N2CCC(C3c4ccc(Cl)cc4C=CC4=CC(Br)=CNC43)CC2)CC1. The lowest BCUT2D eigenvalue weighted by molar-refractivity contribution is -0.134. The highest BCUT2D eigenvalue weighted by atomic mass is 79.9. The number of benzene rings is 1. The molecule has 1 aliphatic carbocycles. The number of nitrogens with two attached hydrogens (primary N) is 1. The Bertz CT molecular complexity index is 1090. The number of dihydropyridines is 1. The van der Waals surface area contributed by atoms with Gasteiger partial charge in [0, 0.05) is 54.2 Å². The van der Waals surface area contributed by atoms with Crippen molar-refractivity contribution in [3.63, 3.8) is 0 Å². The van der Waals surface area contributed by atoms with Crippen molar-refractivity contribution in [1.29, 1.82) is 0 Å². The van der Waals surface area contributed by atoms with E-state index in [1.54, 1.807) is 4.90 Å². The lowest BCUT2D eigenvalue weighted by Gasteiger charge is -2.41. The van der Waals surface area contributed by atoms with Crippen LogP contribution < -0.4 is 11.1 Å². The van der Waals surface area contributed by atoms with E-state index in [1.807, 2.05) is 26.1 Å². The molecule has 37 heavy (non-hydrogen) atoms. The van der Waals surface area contributed by atoms with Gasteiger partial charge in [0.25, 0.3) is 0 Å². The van der Waals surface area contributed by atoms with Gasteiger partial charge in [-0.2, -0.15) is 0 Å². The van der Waals surface area contributed by atoms with Crippen LogP contribution in [0.1, 0.15) is 63.0 Å². The molecule has 5 rings (SSSR count). The first-order chi connectivity index (χ1) is 17.9. The first-order valence-electron chi connectivity index (χ1n) is 13.5. The number of carbonyl (C=O) groups excluding carboxylic acids is 2. The summed E-state index contributed by atoms with van der Waals surface area (Å²) >= 11 is 9.96. The zero-order valence-corrected chi connectivity index (χ0v) is 24.1. The van der Waals surface area contributed by atoms with Crippen molar-refractivity contribution < 1.29 is 9.59 Å². The van der Waals surface area contributed by atoms with Crippen LogP contribution in [0.3, 0.4) is 0 Å². The molecule has 2 atom stereocenters. The van der Waals surface area contributed by atoms with Crippen LogP contribution in [-0.4, -0.2) is 54.0 Å². The van der Waals surface area contributed by atoms with Crippen LogP contribution in [0.4, 0.5) is 4.79 Å². The van der Waals surface area contributed by atoms with E-state index in [2.05, 4.69) is 56.5 Å². The zero-order chi connectivity index (χ0) is 26.5. The van der Waals surface area contributed by atoms with Crippen molar-refractivity contribution in [2.24, 2.45) is 17.6 Å². The van der Waals surface area contributed by atoms with Gasteiger partial charge in [0.15, 0.2) is 0 Å². The number of amides is 3. The van der Waals surface area contributed by atoms with Gasteiger partial charge in [0.05, 0.1) is 6.04 Å². The van der Waals surface area contributed by atoms with Crippen molar-refractivity contribution in [2.75, 3.05) is 26.2 Å². The quantitative estimate of drug-likeness (QED) is 0.452. The number of hydrogen-bond donors (Lipinski definition) is 2. The third-order valence-corrected chi connectivity index (χ3v) is 8.77. The fourth-order valence-corrected chi connectivity index (χ4v) is 6.72. The van der Waals surface area contributed by atoms with Crippen LogP contribution in [0.25, 0.3) is 6.08 Å². The summed E-state index contributed by atoms with van der Waals surface area (Å²) in [4.78, 5) is 28.2. The summed E-state index contributed by atoms with van der Waals surface area (Å²) in [6.07, 6.45) is 12.8. The zero-order valence-electron chi connectivity index (χ0n) is 21.8. The van der Waals surface area contributed by atoms with Gasteiger partial charge in [-0.3, -0.25) is 4.79 Å². The van der Waals surface area contributed by atoms with Crippen molar-refractivity contribution in [3.8, 4) is 0 Å². The van der Waals surface area contributed by atoms with Crippen LogP contribution in [-0.2, 0) is 4.79 Å². The standard InChI is InChI=1S/C27H32BrClN4O2.C2H6/c28-21-14-20-2-1-19-15-22(29)3-4-23(19)25(26(20)31-16-21)18-7-11-32(12-8-18)24(34)13-17-5-9-33(10-6-17)27(30)35;1-2/h1-4,14-18,25-26,31H,5-13H2,(H2,30,35);1-2H3. The van der Waals surface area contributed by atoms with Crippen molar-refractivity contribution in [3.05, 3.63) is 62.8 Å². The van der Waals surface area contributed by atoms with Crippen molar-refractivity contribution in [1.82, 2.24) is 15.1 Å². The largest absolute Gasteiger partial charge is 0.383 e. The smallest absolute Gasteiger partial charge is 0.314 e. The molecule has 200 valence electrons. The Morgan fingerprint density at radius 2 is 1.73 bits per heavy atom. The molecule has 3 aliphatic heterocycles. The normalized spacial score (nSPS) is 23.9. The molecular formula is C29H38BrClN4O2. The average Bonchev–Trinajstić information content (AvgIpc) is 3.06. The maximum absolute atomic E-state index is 13.1. The maximum atomic E-state index is 13.1. The van der Waals surface area contributed by atoms with Crippen LogP contribution in [0.2, 0.25) is 5.02 Å². The van der Waals surface area contributed by atoms with Gasteiger partial charge in [-0.15, -0.1) is 0 Å². The molecule has 2 unspecified atom stereocenters. The van der Waals surface area contributed by atoms with Crippen molar-refractivity contribution in [2.45, 2.75) is 57.9 Å². The number of allylic oxidation sites excluding steroid dienone is 2. The molecule has 0 saturated carbocycles. The number of rotatable bonds is 3. The minimum absolute atomic E-state index is 0.192. The van der Waals surface area contributed by atoms with E-state index in [1.165, 1.54) is 16.7 Å². The maximum Gasteiger partial charge on any atom is 0.314 e. The van der Waals surface area contributed by atoms with Crippen LogP contribution in [0.5, 0.6) is 0 Å². The van der Waals surface area contributed by atoms with E-state index in [0.29, 0.717) is 37.3 Å². The minimum Gasteiger partial charge on any atom is -0.383 e. The third-order valence-electron chi connectivity index (χ3n) is 8.08. The molecule has 2 saturated heterocycles. The molecule has 3 heterocycles. The molecule has 8 heteroatoms. The number of piperidine rings is 2. The van der Waals surface area contributed by atoms with E-state index in [9.17, 15) is 9.59 Å². The first-order valence-corrected chi connectivity index (χ1v) is 14.7. The van der Waals surface area contributed by atoms with Crippen molar-refractivity contribution >= 4 is 45.5 Å². The molecule has 1 aromatic carbocycles. The highest BCUT2D eigenvalue weighted by Crippen LogP contribution is 2.43. The van der Waals surface area contributed by atoms with Gasteiger partial charge in [-0.05, 0) is 88.4 Å². The van der Waals surface area contributed by atoms with Crippen LogP contribution >= 0.6 is 27.5 Å². The molecule has 3 N–H and O–H groups in total. The van der Waals surface area contributed by atoms with E-state index in [0.717, 1.165) is 48.3 Å². The molecule has 0 spiro atoms. The number of primary amides is 1. The number of fused-ring (bicyclic) bond motifs is 2. The van der Waals surface area contributed by atoms with Crippen LogP contribution in [0, 0.1) is 11.8 Å².